The zero-order valence-electron chi connectivity index (χ0n) is 9.69. The predicted octanol–water partition coefficient (Wildman–Crippen LogP) is 1.42. The normalized spacial score (nSPS) is 11.4. The number of nitrogens with one attached hydrogen (secondary N) is 1. The summed E-state index contributed by atoms with van der Waals surface area (Å²) >= 11 is 0. The molecule has 0 heterocycles. The van der Waals surface area contributed by atoms with Gasteiger partial charge < -0.3 is 11.1 Å². The van der Waals surface area contributed by atoms with Crippen LogP contribution in [0.5, 0.6) is 0 Å². The number of amides is 1. The summed E-state index contributed by atoms with van der Waals surface area (Å²) in [4.78, 5) is 11.2. The predicted molar refractivity (Wildman–Crippen MR) is 68.8 cm³/mol. The summed E-state index contributed by atoms with van der Waals surface area (Å²) in [5, 5.41) is 2.79. The van der Waals surface area contributed by atoms with Crippen molar-refractivity contribution in [2.24, 2.45) is 5.73 Å². The summed E-state index contributed by atoms with van der Waals surface area (Å²) in [6, 6.07) is 7.84. The van der Waals surface area contributed by atoms with Crippen molar-refractivity contribution in [3.05, 3.63) is 35.4 Å². The molecule has 0 aliphatic heterocycles. The van der Waals surface area contributed by atoms with Crippen LogP contribution in [0.25, 0.3) is 0 Å². The number of hydrogen-bond donors (Lipinski definition) is 2. The maximum Gasteiger partial charge on any atom is 0.236 e. The second kappa shape index (κ2) is 7.25. The summed E-state index contributed by atoms with van der Waals surface area (Å²) in [6.45, 7) is 4.38. The molecule has 0 aliphatic rings. The van der Waals surface area contributed by atoms with Gasteiger partial charge in [0, 0.05) is 6.54 Å². The topological polar surface area (TPSA) is 55.1 Å². The molecule has 1 unspecified atom stereocenters. The van der Waals surface area contributed by atoms with Gasteiger partial charge in [-0.05, 0) is 25.8 Å². The van der Waals surface area contributed by atoms with Gasteiger partial charge in [0.15, 0.2) is 0 Å². The minimum Gasteiger partial charge on any atom is -0.354 e. The van der Waals surface area contributed by atoms with E-state index < -0.39 is 6.04 Å². The van der Waals surface area contributed by atoms with Crippen molar-refractivity contribution in [2.45, 2.75) is 26.3 Å². The fourth-order valence-corrected chi connectivity index (χ4v) is 1.36. The Bertz CT molecular complexity index is 340. The maximum absolute atomic E-state index is 11.2. The lowest BCUT2D eigenvalue weighted by atomic mass is 10.1. The molecule has 0 saturated carbocycles. The Morgan fingerprint density at radius 1 is 1.50 bits per heavy atom. The Morgan fingerprint density at radius 3 is 2.75 bits per heavy atom. The second-order valence-corrected chi connectivity index (χ2v) is 3.82. The van der Waals surface area contributed by atoms with E-state index >= 15 is 0 Å². The van der Waals surface area contributed by atoms with Gasteiger partial charge in [0.1, 0.15) is 0 Å². The first-order valence-electron chi connectivity index (χ1n) is 5.18. The summed E-state index contributed by atoms with van der Waals surface area (Å²) in [5.74, 6) is -0.0948. The highest BCUT2D eigenvalue weighted by Crippen LogP contribution is 2.03. The van der Waals surface area contributed by atoms with Gasteiger partial charge in [0.2, 0.25) is 5.91 Å². The van der Waals surface area contributed by atoms with Crippen LogP contribution in [0.3, 0.4) is 0 Å². The van der Waals surface area contributed by atoms with Crippen LogP contribution in [0, 0.1) is 6.92 Å². The summed E-state index contributed by atoms with van der Waals surface area (Å²) < 4.78 is 0. The van der Waals surface area contributed by atoms with Crippen molar-refractivity contribution < 1.29 is 4.79 Å². The van der Waals surface area contributed by atoms with Crippen LogP contribution in [0.1, 0.15) is 18.1 Å². The van der Waals surface area contributed by atoms with E-state index in [2.05, 4.69) is 30.4 Å². The molecule has 1 rings (SSSR count). The number of halogens is 1. The minimum absolute atomic E-state index is 0. The monoisotopic (exact) mass is 242 g/mol. The van der Waals surface area contributed by atoms with E-state index in [1.165, 1.54) is 11.1 Å². The van der Waals surface area contributed by atoms with E-state index in [0.717, 1.165) is 6.42 Å². The molecule has 3 nitrogen and oxygen atoms in total. The van der Waals surface area contributed by atoms with Gasteiger partial charge >= 0.3 is 0 Å². The number of carbonyl (C=O) groups is 1. The molecule has 16 heavy (non-hydrogen) atoms. The molecular weight excluding hydrogens is 224 g/mol. The molecule has 0 fully saturated rings. The van der Waals surface area contributed by atoms with Gasteiger partial charge in [-0.15, -0.1) is 12.4 Å². The Morgan fingerprint density at radius 2 is 2.19 bits per heavy atom. The van der Waals surface area contributed by atoms with Crippen LogP contribution in [0.15, 0.2) is 24.3 Å². The van der Waals surface area contributed by atoms with E-state index in [9.17, 15) is 4.79 Å². The largest absolute Gasteiger partial charge is 0.354 e. The summed E-state index contributed by atoms with van der Waals surface area (Å²) in [5.41, 5.74) is 7.91. The lowest BCUT2D eigenvalue weighted by Crippen LogP contribution is -2.39. The maximum atomic E-state index is 11.2. The SMILES string of the molecule is Cc1cccc(CCNC(=O)C(C)N)c1.Cl. The van der Waals surface area contributed by atoms with Crippen LogP contribution in [-0.4, -0.2) is 18.5 Å². The highest BCUT2D eigenvalue weighted by atomic mass is 35.5. The Labute approximate surface area is 103 Å². The standard InChI is InChI=1S/C12H18N2O.ClH/c1-9-4-3-5-11(8-9)6-7-14-12(15)10(2)13;/h3-5,8,10H,6-7,13H2,1-2H3,(H,14,15);1H. The van der Waals surface area contributed by atoms with Gasteiger partial charge in [0.25, 0.3) is 0 Å². The molecule has 1 amide bonds. The Kier molecular flexibility index (Phi) is 6.77. The third kappa shape index (κ3) is 5.14. The first-order valence-corrected chi connectivity index (χ1v) is 5.18. The quantitative estimate of drug-likeness (QED) is 0.839. The number of hydrogen-bond acceptors (Lipinski definition) is 2. The molecule has 90 valence electrons. The highest BCUT2D eigenvalue weighted by molar-refractivity contribution is 5.85. The van der Waals surface area contributed by atoms with Crippen LogP contribution >= 0.6 is 12.4 Å². The van der Waals surface area contributed by atoms with Gasteiger partial charge in [0.05, 0.1) is 6.04 Å². The molecule has 4 heteroatoms. The second-order valence-electron chi connectivity index (χ2n) is 3.82. The first kappa shape index (κ1) is 14.9. The van der Waals surface area contributed by atoms with E-state index in [1.54, 1.807) is 6.92 Å². The summed E-state index contributed by atoms with van der Waals surface area (Å²) in [7, 11) is 0. The zero-order valence-corrected chi connectivity index (χ0v) is 10.5. The van der Waals surface area contributed by atoms with Gasteiger partial charge in [-0.1, -0.05) is 29.8 Å². The van der Waals surface area contributed by atoms with Crippen molar-refractivity contribution in [3.63, 3.8) is 0 Å². The number of benzene rings is 1. The first-order chi connectivity index (χ1) is 7.09. The molecule has 0 bridgehead atoms. The van der Waals surface area contributed by atoms with E-state index in [-0.39, 0.29) is 18.3 Å². The fourth-order valence-electron chi connectivity index (χ4n) is 1.36. The Balaban J connectivity index is 0.00000225. The molecule has 1 aromatic rings. The molecular formula is C12H19ClN2O. The lowest BCUT2D eigenvalue weighted by Gasteiger charge is -2.07. The minimum atomic E-state index is -0.428. The molecule has 0 aromatic heterocycles. The van der Waals surface area contributed by atoms with Crippen LogP contribution in [0.4, 0.5) is 0 Å². The van der Waals surface area contributed by atoms with Gasteiger partial charge in [-0.2, -0.15) is 0 Å². The molecule has 1 atom stereocenters. The lowest BCUT2D eigenvalue weighted by molar-refractivity contribution is -0.121. The van der Waals surface area contributed by atoms with Crippen molar-refractivity contribution in [1.82, 2.24) is 5.32 Å². The molecule has 0 saturated heterocycles. The molecule has 0 radical (unpaired) electrons. The number of aryl methyl sites for hydroxylation is 1. The molecule has 0 spiro atoms. The average molecular weight is 243 g/mol. The number of rotatable bonds is 4. The van der Waals surface area contributed by atoms with Crippen molar-refractivity contribution in [2.75, 3.05) is 6.54 Å². The molecule has 1 aromatic carbocycles. The molecule has 0 aliphatic carbocycles. The molecule has 3 N–H and O–H groups in total. The summed E-state index contributed by atoms with van der Waals surface area (Å²) in [6.07, 6.45) is 0.847. The van der Waals surface area contributed by atoms with E-state index in [0.29, 0.717) is 6.54 Å². The van der Waals surface area contributed by atoms with Crippen molar-refractivity contribution in [3.8, 4) is 0 Å². The van der Waals surface area contributed by atoms with Gasteiger partial charge in [-0.3, -0.25) is 4.79 Å². The Hall–Kier alpha value is -1.06. The van der Waals surface area contributed by atoms with E-state index in [4.69, 9.17) is 5.73 Å². The van der Waals surface area contributed by atoms with Crippen molar-refractivity contribution >= 4 is 18.3 Å². The zero-order chi connectivity index (χ0) is 11.3. The number of nitrogens with two attached hydrogens (primary N) is 1. The fraction of sp³-hybridized carbons (Fsp3) is 0.417. The third-order valence-electron chi connectivity index (χ3n) is 2.21. The van der Waals surface area contributed by atoms with Crippen molar-refractivity contribution in [1.29, 1.82) is 0 Å². The van der Waals surface area contributed by atoms with Crippen LogP contribution < -0.4 is 11.1 Å². The van der Waals surface area contributed by atoms with E-state index in [1.807, 2.05) is 6.07 Å². The number of carbonyl (C=O) groups excluding carboxylic acids is 1. The third-order valence-corrected chi connectivity index (χ3v) is 2.21. The average Bonchev–Trinajstić information content (AvgIpc) is 2.17. The smallest absolute Gasteiger partial charge is 0.236 e. The highest BCUT2D eigenvalue weighted by Gasteiger charge is 2.05. The van der Waals surface area contributed by atoms with Crippen LogP contribution in [0.2, 0.25) is 0 Å². The van der Waals surface area contributed by atoms with Crippen LogP contribution in [-0.2, 0) is 11.2 Å². The van der Waals surface area contributed by atoms with Gasteiger partial charge in [-0.25, -0.2) is 0 Å².